The minimum atomic E-state index is -0.277. The standard InChI is InChI=1S/C22H25N5O2/c1-15-14-20(27-22(23-15)26-16-6-3-2-4-7-16)24-17-9-11-18(12-10-17)25-21(28)19-8-5-13-29-19/h5,8-14,16H,2-4,6-7H2,1H3,(H,25,28)(H2,23,24,26,27). The predicted octanol–water partition coefficient (Wildman–Crippen LogP) is 5.12. The molecule has 0 atom stereocenters. The molecule has 0 bridgehead atoms. The first-order chi connectivity index (χ1) is 14.2. The van der Waals surface area contributed by atoms with E-state index in [4.69, 9.17) is 4.42 Å². The lowest BCUT2D eigenvalue weighted by Gasteiger charge is -2.23. The highest BCUT2D eigenvalue weighted by Gasteiger charge is 2.15. The van der Waals surface area contributed by atoms with E-state index < -0.39 is 0 Å². The molecule has 0 unspecified atom stereocenters. The van der Waals surface area contributed by atoms with Gasteiger partial charge in [-0.2, -0.15) is 4.98 Å². The number of anilines is 4. The molecule has 1 fully saturated rings. The van der Waals surface area contributed by atoms with Crippen LogP contribution >= 0.6 is 0 Å². The van der Waals surface area contributed by atoms with Gasteiger partial charge >= 0.3 is 0 Å². The molecular weight excluding hydrogens is 366 g/mol. The van der Waals surface area contributed by atoms with Gasteiger partial charge in [0.2, 0.25) is 5.95 Å². The highest BCUT2D eigenvalue weighted by Crippen LogP contribution is 2.23. The number of hydrogen-bond acceptors (Lipinski definition) is 6. The second-order valence-electron chi connectivity index (χ2n) is 7.33. The number of aromatic nitrogens is 2. The molecule has 0 aliphatic heterocycles. The van der Waals surface area contributed by atoms with Gasteiger partial charge in [0.05, 0.1) is 6.26 Å². The van der Waals surface area contributed by atoms with Gasteiger partial charge in [0, 0.05) is 29.2 Å². The third-order valence-corrected chi connectivity index (χ3v) is 4.95. The van der Waals surface area contributed by atoms with Crippen molar-refractivity contribution in [1.29, 1.82) is 0 Å². The van der Waals surface area contributed by atoms with Crippen LogP contribution in [0.15, 0.2) is 53.1 Å². The molecule has 1 aromatic carbocycles. The van der Waals surface area contributed by atoms with Crippen molar-refractivity contribution in [2.75, 3.05) is 16.0 Å². The summed E-state index contributed by atoms with van der Waals surface area (Å²) in [5, 5.41) is 9.58. The zero-order valence-corrected chi connectivity index (χ0v) is 16.4. The first kappa shape index (κ1) is 19.0. The van der Waals surface area contributed by atoms with Crippen molar-refractivity contribution < 1.29 is 9.21 Å². The number of benzene rings is 1. The van der Waals surface area contributed by atoms with E-state index in [0.29, 0.717) is 17.7 Å². The van der Waals surface area contributed by atoms with Crippen LogP contribution in [0.4, 0.5) is 23.1 Å². The van der Waals surface area contributed by atoms with E-state index in [2.05, 4.69) is 25.9 Å². The quantitative estimate of drug-likeness (QED) is 0.540. The Kier molecular flexibility index (Phi) is 5.74. The predicted molar refractivity (Wildman–Crippen MR) is 114 cm³/mol. The van der Waals surface area contributed by atoms with Crippen LogP contribution in [0.3, 0.4) is 0 Å². The number of aryl methyl sites for hydroxylation is 1. The SMILES string of the molecule is Cc1cc(Nc2ccc(NC(=O)c3ccco3)cc2)nc(NC2CCCCC2)n1. The molecule has 0 saturated heterocycles. The van der Waals surface area contributed by atoms with Crippen molar-refractivity contribution in [3.63, 3.8) is 0 Å². The van der Waals surface area contributed by atoms with E-state index in [1.165, 1.54) is 38.4 Å². The maximum atomic E-state index is 12.0. The van der Waals surface area contributed by atoms with Gasteiger partial charge in [-0.25, -0.2) is 4.98 Å². The minimum absolute atomic E-state index is 0.277. The smallest absolute Gasteiger partial charge is 0.291 e. The van der Waals surface area contributed by atoms with Gasteiger partial charge in [-0.1, -0.05) is 19.3 Å². The van der Waals surface area contributed by atoms with Gasteiger partial charge in [-0.3, -0.25) is 4.79 Å². The molecule has 29 heavy (non-hydrogen) atoms. The molecule has 1 amide bonds. The zero-order chi connectivity index (χ0) is 20.1. The molecule has 0 spiro atoms. The minimum Gasteiger partial charge on any atom is -0.459 e. The Balaban J connectivity index is 1.40. The summed E-state index contributed by atoms with van der Waals surface area (Å²) in [7, 11) is 0. The fourth-order valence-electron chi connectivity index (χ4n) is 3.51. The molecule has 2 aromatic heterocycles. The topological polar surface area (TPSA) is 92.1 Å². The maximum Gasteiger partial charge on any atom is 0.291 e. The van der Waals surface area contributed by atoms with Crippen LogP contribution in [-0.4, -0.2) is 21.9 Å². The summed E-state index contributed by atoms with van der Waals surface area (Å²) in [5.41, 5.74) is 2.47. The van der Waals surface area contributed by atoms with Crippen LogP contribution in [0, 0.1) is 6.92 Å². The number of nitrogens with one attached hydrogen (secondary N) is 3. The number of hydrogen-bond donors (Lipinski definition) is 3. The van der Waals surface area contributed by atoms with Crippen LogP contribution in [-0.2, 0) is 0 Å². The molecule has 1 aliphatic carbocycles. The molecule has 3 aromatic rings. The summed E-state index contributed by atoms with van der Waals surface area (Å²) < 4.78 is 5.10. The van der Waals surface area contributed by atoms with E-state index >= 15 is 0 Å². The molecule has 1 aliphatic rings. The van der Waals surface area contributed by atoms with E-state index in [1.54, 1.807) is 12.1 Å². The highest BCUT2D eigenvalue weighted by molar-refractivity contribution is 6.02. The van der Waals surface area contributed by atoms with E-state index in [1.807, 2.05) is 37.3 Å². The Morgan fingerprint density at radius 1 is 1.03 bits per heavy atom. The Labute approximate surface area is 170 Å². The Hall–Kier alpha value is -3.35. The summed E-state index contributed by atoms with van der Waals surface area (Å²) in [6.45, 7) is 1.96. The fraction of sp³-hybridized carbons (Fsp3) is 0.318. The van der Waals surface area contributed by atoms with Crippen molar-refractivity contribution in [2.45, 2.75) is 45.1 Å². The molecule has 7 nitrogen and oxygen atoms in total. The normalized spacial score (nSPS) is 14.4. The second kappa shape index (κ2) is 8.77. The molecular formula is C22H25N5O2. The van der Waals surface area contributed by atoms with E-state index in [0.717, 1.165) is 17.2 Å². The third-order valence-electron chi connectivity index (χ3n) is 4.95. The summed E-state index contributed by atoms with van der Waals surface area (Å²) in [4.78, 5) is 21.2. The summed E-state index contributed by atoms with van der Waals surface area (Å²) >= 11 is 0. The Morgan fingerprint density at radius 3 is 2.52 bits per heavy atom. The average molecular weight is 391 g/mol. The Bertz CT molecular complexity index is 948. The largest absolute Gasteiger partial charge is 0.459 e. The van der Waals surface area contributed by atoms with Crippen molar-refractivity contribution in [2.24, 2.45) is 0 Å². The van der Waals surface area contributed by atoms with Gasteiger partial charge in [-0.05, 0) is 56.2 Å². The molecule has 7 heteroatoms. The number of amides is 1. The highest BCUT2D eigenvalue weighted by atomic mass is 16.3. The average Bonchev–Trinajstić information content (AvgIpc) is 3.25. The second-order valence-corrected chi connectivity index (χ2v) is 7.33. The molecule has 3 N–H and O–H groups in total. The van der Waals surface area contributed by atoms with Crippen LogP contribution in [0.5, 0.6) is 0 Å². The molecule has 2 heterocycles. The first-order valence-electron chi connectivity index (χ1n) is 10.00. The van der Waals surface area contributed by atoms with Gasteiger partial charge in [0.15, 0.2) is 5.76 Å². The summed E-state index contributed by atoms with van der Waals surface area (Å²) in [6.07, 6.45) is 7.66. The monoisotopic (exact) mass is 391 g/mol. The van der Waals surface area contributed by atoms with Crippen molar-refractivity contribution >= 4 is 29.0 Å². The van der Waals surface area contributed by atoms with E-state index in [9.17, 15) is 4.79 Å². The first-order valence-corrected chi connectivity index (χ1v) is 10.00. The van der Waals surface area contributed by atoms with Crippen molar-refractivity contribution in [3.8, 4) is 0 Å². The van der Waals surface area contributed by atoms with Crippen LogP contribution in [0.25, 0.3) is 0 Å². The molecule has 4 rings (SSSR count). The number of nitrogens with zero attached hydrogens (tertiary/aromatic N) is 2. The van der Waals surface area contributed by atoms with Crippen LogP contribution in [0.2, 0.25) is 0 Å². The van der Waals surface area contributed by atoms with Gasteiger partial charge < -0.3 is 20.4 Å². The van der Waals surface area contributed by atoms with E-state index in [-0.39, 0.29) is 11.7 Å². The fourth-order valence-corrected chi connectivity index (χ4v) is 3.51. The van der Waals surface area contributed by atoms with Gasteiger partial charge in [-0.15, -0.1) is 0 Å². The maximum absolute atomic E-state index is 12.0. The third kappa shape index (κ3) is 5.13. The number of carbonyl (C=O) groups excluding carboxylic acids is 1. The molecule has 150 valence electrons. The molecule has 1 saturated carbocycles. The van der Waals surface area contributed by atoms with Gasteiger partial charge in [0.25, 0.3) is 5.91 Å². The van der Waals surface area contributed by atoms with Crippen molar-refractivity contribution in [3.05, 3.63) is 60.2 Å². The zero-order valence-electron chi connectivity index (χ0n) is 16.4. The Morgan fingerprint density at radius 2 is 1.79 bits per heavy atom. The number of rotatable bonds is 6. The van der Waals surface area contributed by atoms with Crippen molar-refractivity contribution in [1.82, 2.24) is 9.97 Å². The lowest BCUT2D eigenvalue weighted by Crippen LogP contribution is -2.23. The lowest BCUT2D eigenvalue weighted by atomic mass is 9.96. The summed E-state index contributed by atoms with van der Waals surface area (Å²) in [5.74, 6) is 1.41. The van der Waals surface area contributed by atoms with Crippen LogP contribution in [0.1, 0.15) is 48.4 Å². The molecule has 0 radical (unpaired) electrons. The number of furan rings is 1. The number of carbonyl (C=O) groups is 1. The summed E-state index contributed by atoms with van der Waals surface area (Å²) in [6, 6.07) is 13.1. The van der Waals surface area contributed by atoms with Gasteiger partial charge in [0.1, 0.15) is 5.82 Å². The van der Waals surface area contributed by atoms with Crippen LogP contribution < -0.4 is 16.0 Å². The lowest BCUT2D eigenvalue weighted by molar-refractivity contribution is 0.0996.